The highest BCUT2D eigenvalue weighted by atomic mass is 32.2. The molecule has 0 aliphatic carbocycles. The van der Waals surface area contributed by atoms with Crippen molar-refractivity contribution in [3.05, 3.63) is 95.1 Å². The van der Waals surface area contributed by atoms with Gasteiger partial charge in [-0.2, -0.15) is 13.7 Å². The van der Waals surface area contributed by atoms with Gasteiger partial charge in [0, 0.05) is 19.7 Å². The summed E-state index contributed by atoms with van der Waals surface area (Å²) in [6, 6.07) is 20.2. The quantitative estimate of drug-likeness (QED) is 0.355. The smallest absolute Gasteiger partial charge is 0.339 e. The van der Waals surface area contributed by atoms with E-state index in [2.05, 4.69) is 6.07 Å². The van der Waals surface area contributed by atoms with Crippen LogP contribution in [0.3, 0.4) is 0 Å². The third-order valence-electron chi connectivity index (χ3n) is 4.97. The Morgan fingerprint density at radius 2 is 1.79 bits per heavy atom. The largest absolute Gasteiger partial charge is 0.493 e. The first-order chi connectivity index (χ1) is 16.2. The van der Waals surface area contributed by atoms with Crippen molar-refractivity contribution < 1.29 is 22.1 Å². The summed E-state index contributed by atoms with van der Waals surface area (Å²) in [6.45, 7) is 2.22. The average Bonchev–Trinajstić information content (AvgIpc) is 2.83. The van der Waals surface area contributed by atoms with E-state index in [4.69, 9.17) is 14.2 Å². The molecule has 0 atom stereocenters. The molecule has 0 aromatic heterocycles. The molecule has 0 fully saturated rings. The lowest BCUT2D eigenvalue weighted by atomic mass is 10.1. The van der Waals surface area contributed by atoms with Gasteiger partial charge >= 0.3 is 10.1 Å². The van der Waals surface area contributed by atoms with Crippen LogP contribution in [0.4, 0.5) is 0 Å². The Morgan fingerprint density at radius 1 is 1.06 bits per heavy atom. The van der Waals surface area contributed by atoms with Crippen molar-refractivity contribution in [3.8, 4) is 17.6 Å². The van der Waals surface area contributed by atoms with Crippen molar-refractivity contribution in [1.29, 1.82) is 5.26 Å². The van der Waals surface area contributed by atoms with Crippen molar-refractivity contribution in [2.24, 2.45) is 0 Å². The molecule has 7 nitrogen and oxygen atoms in total. The maximum Gasteiger partial charge on any atom is 0.339 e. The molecule has 0 unspecified atom stereocenters. The van der Waals surface area contributed by atoms with Gasteiger partial charge in [0.2, 0.25) is 5.91 Å². The Balaban J connectivity index is 1.71. The number of hydrogen-bond donors (Lipinski definition) is 0. The van der Waals surface area contributed by atoms with E-state index in [1.807, 2.05) is 13.0 Å². The minimum Gasteiger partial charge on any atom is -0.493 e. The number of aryl methyl sites for hydroxylation is 1. The maximum atomic E-state index is 12.6. The van der Waals surface area contributed by atoms with E-state index < -0.39 is 10.1 Å². The molecule has 3 rings (SSSR count). The Kier molecular flexibility index (Phi) is 7.71. The fraction of sp³-hybridized carbons (Fsp3) is 0.154. The summed E-state index contributed by atoms with van der Waals surface area (Å²) in [7, 11) is -0.955. The van der Waals surface area contributed by atoms with E-state index >= 15 is 0 Å². The molecule has 0 heterocycles. The monoisotopic (exact) mass is 476 g/mol. The fourth-order valence-corrected chi connectivity index (χ4v) is 4.05. The lowest BCUT2D eigenvalue weighted by Crippen LogP contribution is -2.24. The Labute approximate surface area is 199 Å². The van der Waals surface area contributed by atoms with Crippen molar-refractivity contribution in [1.82, 2.24) is 4.90 Å². The molecule has 3 aromatic rings. The number of benzene rings is 3. The van der Waals surface area contributed by atoms with E-state index in [1.165, 1.54) is 36.3 Å². The molecule has 0 aliphatic heterocycles. The van der Waals surface area contributed by atoms with Crippen LogP contribution in [-0.4, -0.2) is 33.4 Å². The minimum atomic E-state index is -4.03. The average molecular weight is 477 g/mol. The molecule has 3 aromatic carbocycles. The van der Waals surface area contributed by atoms with Crippen molar-refractivity contribution in [3.63, 3.8) is 0 Å². The number of likely N-dealkylation sites (N-methyl/N-ethyl adjacent to an activating group) is 1. The van der Waals surface area contributed by atoms with Crippen LogP contribution in [-0.2, 0) is 21.5 Å². The van der Waals surface area contributed by atoms with Gasteiger partial charge in [-0.15, -0.1) is 0 Å². The van der Waals surface area contributed by atoms with Gasteiger partial charge in [0.1, 0.15) is 4.90 Å². The standard InChI is InChI=1S/C26H24N2O5S/c1-19-7-11-23(12-8-19)34(30,31)33-24-13-9-20(16-25(24)32-3)10-14-26(29)28(2)18-22-6-4-5-21(15-22)17-27/h4-16H,18H2,1-3H3. The Morgan fingerprint density at radius 3 is 2.47 bits per heavy atom. The SMILES string of the molecule is COc1cc(C=CC(=O)N(C)Cc2cccc(C#N)c2)ccc1OS(=O)(=O)c1ccc(C)cc1. The van der Waals surface area contributed by atoms with Gasteiger partial charge in [0.05, 0.1) is 18.7 Å². The van der Waals surface area contributed by atoms with Crippen molar-refractivity contribution in [2.75, 3.05) is 14.2 Å². The third kappa shape index (κ3) is 6.24. The number of methoxy groups -OCH3 is 1. The number of hydrogen-bond acceptors (Lipinski definition) is 6. The Hall–Kier alpha value is -4.09. The molecule has 1 amide bonds. The summed E-state index contributed by atoms with van der Waals surface area (Å²) in [5.41, 5.74) is 2.95. The topological polar surface area (TPSA) is 96.7 Å². The Bertz CT molecular complexity index is 1360. The molecule has 0 N–H and O–H groups in total. The molecule has 0 saturated carbocycles. The van der Waals surface area contributed by atoms with Crippen LogP contribution in [0, 0.1) is 18.3 Å². The highest BCUT2D eigenvalue weighted by molar-refractivity contribution is 7.87. The van der Waals surface area contributed by atoms with Gasteiger partial charge < -0.3 is 13.8 Å². The van der Waals surface area contributed by atoms with Crippen LogP contribution in [0.25, 0.3) is 6.08 Å². The van der Waals surface area contributed by atoms with Gasteiger partial charge in [-0.1, -0.05) is 35.9 Å². The first kappa shape index (κ1) is 24.6. The fourth-order valence-electron chi connectivity index (χ4n) is 3.11. The van der Waals surface area contributed by atoms with Crippen molar-refractivity contribution in [2.45, 2.75) is 18.4 Å². The predicted octanol–water partition coefficient (Wildman–Crippen LogP) is 4.31. The molecule has 0 spiro atoms. The van der Waals surface area contributed by atoms with Crippen LogP contribution in [0.5, 0.6) is 11.5 Å². The van der Waals surface area contributed by atoms with E-state index in [0.717, 1.165) is 11.1 Å². The van der Waals surface area contributed by atoms with Gasteiger partial charge in [0.15, 0.2) is 11.5 Å². The first-order valence-corrected chi connectivity index (χ1v) is 11.7. The molecular formula is C26H24N2O5S. The molecule has 0 saturated heterocycles. The lowest BCUT2D eigenvalue weighted by Gasteiger charge is -2.15. The van der Waals surface area contributed by atoms with Crippen LogP contribution in [0.1, 0.15) is 22.3 Å². The zero-order valence-corrected chi connectivity index (χ0v) is 19.9. The summed E-state index contributed by atoms with van der Waals surface area (Å²) in [6.07, 6.45) is 3.01. The lowest BCUT2D eigenvalue weighted by molar-refractivity contribution is -0.125. The predicted molar refractivity (Wildman–Crippen MR) is 129 cm³/mol. The van der Waals surface area contributed by atoms with Crippen LogP contribution in [0.15, 0.2) is 77.7 Å². The summed E-state index contributed by atoms with van der Waals surface area (Å²) >= 11 is 0. The molecule has 34 heavy (non-hydrogen) atoms. The molecule has 0 bridgehead atoms. The van der Waals surface area contributed by atoms with E-state index in [1.54, 1.807) is 55.6 Å². The summed E-state index contributed by atoms with van der Waals surface area (Å²) in [4.78, 5) is 14.1. The number of carbonyl (C=O) groups is 1. The van der Waals surface area contributed by atoms with Crippen LogP contribution < -0.4 is 8.92 Å². The zero-order valence-electron chi connectivity index (χ0n) is 19.1. The molecule has 8 heteroatoms. The summed E-state index contributed by atoms with van der Waals surface area (Å²) < 4.78 is 35.7. The maximum absolute atomic E-state index is 12.6. The molecule has 174 valence electrons. The van der Waals surface area contributed by atoms with E-state index in [-0.39, 0.29) is 22.3 Å². The summed E-state index contributed by atoms with van der Waals surface area (Å²) in [5.74, 6) is 0.0246. The second-order valence-electron chi connectivity index (χ2n) is 7.60. The summed E-state index contributed by atoms with van der Waals surface area (Å²) in [5, 5.41) is 9.01. The molecular weight excluding hydrogens is 452 g/mol. The number of amides is 1. The first-order valence-electron chi connectivity index (χ1n) is 10.3. The van der Waals surface area contributed by atoms with Crippen molar-refractivity contribution >= 4 is 22.1 Å². The number of nitrogens with zero attached hydrogens (tertiary/aromatic N) is 2. The number of carbonyl (C=O) groups excluding carboxylic acids is 1. The van der Waals surface area contributed by atoms with Gasteiger partial charge in [-0.05, 0) is 60.5 Å². The number of rotatable bonds is 8. The third-order valence-corrected chi connectivity index (χ3v) is 6.22. The minimum absolute atomic E-state index is 0.0399. The van der Waals surface area contributed by atoms with Gasteiger partial charge in [-0.3, -0.25) is 4.79 Å². The van der Waals surface area contributed by atoms with Crippen LogP contribution in [0.2, 0.25) is 0 Å². The normalized spacial score (nSPS) is 11.1. The number of ether oxygens (including phenoxy) is 1. The molecule has 0 radical (unpaired) electrons. The van der Waals surface area contributed by atoms with Gasteiger partial charge in [-0.25, -0.2) is 0 Å². The second-order valence-corrected chi connectivity index (χ2v) is 9.15. The number of nitriles is 1. The van der Waals surface area contributed by atoms with E-state index in [0.29, 0.717) is 17.7 Å². The van der Waals surface area contributed by atoms with Gasteiger partial charge in [0.25, 0.3) is 0 Å². The highest BCUT2D eigenvalue weighted by Crippen LogP contribution is 2.31. The zero-order chi connectivity index (χ0) is 24.7. The highest BCUT2D eigenvalue weighted by Gasteiger charge is 2.19. The van der Waals surface area contributed by atoms with Crippen LogP contribution >= 0.6 is 0 Å². The molecule has 0 aliphatic rings. The van der Waals surface area contributed by atoms with E-state index in [9.17, 15) is 13.2 Å². The second kappa shape index (κ2) is 10.7.